The Morgan fingerprint density at radius 3 is 2.48 bits per heavy atom. The number of hydrogen-bond acceptors (Lipinski definition) is 5. The van der Waals surface area contributed by atoms with E-state index in [4.69, 9.17) is 4.74 Å². The summed E-state index contributed by atoms with van der Waals surface area (Å²) < 4.78 is 5.04. The molecule has 25 heavy (non-hydrogen) atoms. The summed E-state index contributed by atoms with van der Waals surface area (Å²) in [5.74, 6) is -0.489. The molecule has 130 valence electrons. The lowest BCUT2D eigenvalue weighted by Crippen LogP contribution is -2.35. The lowest BCUT2D eigenvalue weighted by molar-refractivity contribution is -0.137. The SMILES string of the molecule is COCCCN1C(=O)C(c2cccs2)=C(N(C)c2ccccc2)C1=O. The van der Waals surface area contributed by atoms with E-state index in [9.17, 15) is 9.59 Å². The third-order valence-electron chi connectivity index (χ3n) is 4.12. The lowest BCUT2D eigenvalue weighted by atomic mass is 10.1. The van der Waals surface area contributed by atoms with E-state index < -0.39 is 0 Å². The van der Waals surface area contributed by atoms with Gasteiger partial charge in [-0.3, -0.25) is 14.5 Å². The average Bonchev–Trinajstić information content (AvgIpc) is 3.23. The van der Waals surface area contributed by atoms with Gasteiger partial charge in [0.25, 0.3) is 11.8 Å². The van der Waals surface area contributed by atoms with E-state index in [0.29, 0.717) is 30.8 Å². The van der Waals surface area contributed by atoms with E-state index in [1.807, 2.05) is 54.9 Å². The van der Waals surface area contributed by atoms with Gasteiger partial charge in [0.15, 0.2) is 0 Å². The van der Waals surface area contributed by atoms with E-state index in [2.05, 4.69) is 0 Å². The molecule has 2 heterocycles. The van der Waals surface area contributed by atoms with Crippen molar-refractivity contribution >= 4 is 34.4 Å². The molecule has 0 spiro atoms. The molecule has 3 rings (SSSR count). The normalized spacial score (nSPS) is 14.6. The molecule has 5 nitrogen and oxygen atoms in total. The van der Waals surface area contributed by atoms with Crippen LogP contribution >= 0.6 is 11.3 Å². The van der Waals surface area contributed by atoms with Gasteiger partial charge < -0.3 is 9.64 Å². The van der Waals surface area contributed by atoms with E-state index >= 15 is 0 Å². The van der Waals surface area contributed by atoms with Crippen LogP contribution in [0.5, 0.6) is 0 Å². The highest BCUT2D eigenvalue weighted by molar-refractivity contribution is 7.11. The number of anilines is 1. The maximum Gasteiger partial charge on any atom is 0.278 e. The van der Waals surface area contributed by atoms with Crippen LogP contribution in [0.2, 0.25) is 0 Å². The Labute approximate surface area is 151 Å². The number of carbonyl (C=O) groups excluding carboxylic acids is 2. The van der Waals surface area contributed by atoms with Crippen LogP contribution in [0.15, 0.2) is 53.5 Å². The largest absolute Gasteiger partial charge is 0.385 e. The monoisotopic (exact) mass is 356 g/mol. The Bertz CT molecular complexity index is 784. The molecule has 0 saturated carbocycles. The summed E-state index contributed by atoms with van der Waals surface area (Å²) in [6.07, 6.45) is 0.619. The number of methoxy groups -OCH3 is 1. The molecule has 0 unspecified atom stereocenters. The van der Waals surface area contributed by atoms with Crippen LogP contribution < -0.4 is 4.90 Å². The number of imide groups is 1. The van der Waals surface area contributed by atoms with Gasteiger partial charge in [-0.05, 0) is 30.0 Å². The van der Waals surface area contributed by atoms with Gasteiger partial charge >= 0.3 is 0 Å². The number of ether oxygens (including phenoxy) is 1. The molecule has 1 aromatic carbocycles. The Morgan fingerprint density at radius 2 is 1.84 bits per heavy atom. The number of thiophene rings is 1. The van der Waals surface area contributed by atoms with Gasteiger partial charge in [-0.2, -0.15) is 0 Å². The van der Waals surface area contributed by atoms with Gasteiger partial charge in [-0.15, -0.1) is 11.3 Å². The van der Waals surface area contributed by atoms with Crippen LogP contribution in [-0.2, 0) is 14.3 Å². The molecular weight excluding hydrogens is 336 g/mol. The minimum absolute atomic E-state index is 0.235. The van der Waals surface area contributed by atoms with E-state index in [1.165, 1.54) is 16.2 Å². The zero-order valence-corrected chi connectivity index (χ0v) is 15.1. The number of para-hydroxylation sites is 1. The fourth-order valence-electron chi connectivity index (χ4n) is 2.87. The molecular formula is C19H20N2O3S. The van der Waals surface area contributed by atoms with Crippen molar-refractivity contribution in [2.24, 2.45) is 0 Å². The third kappa shape index (κ3) is 3.36. The van der Waals surface area contributed by atoms with Crippen LogP contribution in [0.4, 0.5) is 5.69 Å². The van der Waals surface area contributed by atoms with Crippen LogP contribution in [-0.4, -0.2) is 44.0 Å². The second kappa shape index (κ2) is 7.63. The fraction of sp³-hybridized carbons (Fsp3) is 0.263. The minimum atomic E-state index is -0.254. The average molecular weight is 356 g/mol. The summed E-state index contributed by atoms with van der Waals surface area (Å²) in [5, 5.41) is 1.91. The molecule has 2 amide bonds. The topological polar surface area (TPSA) is 49.9 Å². The van der Waals surface area contributed by atoms with Crippen molar-refractivity contribution in [1.29, 1.82) is 0 Å². The molecule has 0 fully saturated rings. The molecule has 1 aliphatic rings. The van der Waals surface area contributed by atoms with Gasteiger partial charge in [0.1, 0.15) is 5.70 Å². The highest BCUT2D eigenvalue weighted by Gasteiger charge is 2.41. The third-order valence-corrected chi connectivity index (χ3v) is 5.01. The first-order valence-electron chi connectivity index (χ1n) is 8.07. The zero-order chi connectivity index (χ0) is 17.8. The summed E-state index contributed by atoms with van der Waals surface area (Å²) in [6.45, 7) is 0.863. The molecule has 0 aliphatic carbocycles. The first-order chi connectivity index (χ1) is 12.1. The van der Waals surface area contributed by atoms with Crippen molar-refractivity contribution in [3.05, 3.63) is 58.4 Å². The van der Waals surface area contributed by atoms with Crippen molar-refractivity contribution in [1.82, 2.24) is 4.90 Å². The smallest absolute Gasteiger partial charge is 0.278 e. The lowest BCUT2D eigenvalue weighted by Gasteiger charge is -2.21. The number of rotatable bonds is 7. The maximum atomic E-state index is 13.0. The molecule has 2 aromatic rings. The molecule has 0 N–H and O–H groups in total. The first kappa shape index (κ1) is 17.4. The maximum absolute atomic E-state index is 13.0. The van der Waals surface area contributed by atoms with Crippen molar-refractivity contribution < 1.29 is 14.3 Å². The minimum Gasteiger partial charge on any atom is -0.385 e. The number of carbonyl (C=O) groups is 2. The fourth-order valence-corrected chi connectivity index (χ4v) is 3.63. The highest BCUT2D eigenvalue weighted by atomic mass is 32.1. The van der Waals surface area contributed by atoms with Crippen LogP contribution in [0.25, 0.3) is 5.57 Å². The van der Waals surface area contributed by atoms with E-state index in [-0.39, 0.29) is 11.8 Å². The number of hydrogen-bond donors (Lipinski definition) is 0. The second-order valence-electron chi connectivity index (χ2n) is 5.70. The molecule has 1 aliphatic heterocycles. The molecule has 0 atom stereocenters. The van der Waals surface area contributed by atoms with Crippen molar-refractivity contribution in [3.8, 4) is 0 Å². The van der Waals surface area contributed by atoms with Crippen LogP contribution in [0.1, 0.15) is 11.3 Å². The number of nitrogens with zero attached hydrogens (tertiary/aromatic N) is 2. The van der Waals surface area contributed by atoms with Crippen molar-refractivity contribution in [3.63, 3.8) is 0 Å². The molecule has 6 heteroatoms. The quantitative estimate of drug-likeness (QED) is 0.565. The summed E-state index contributed by atoms with van der Waals surface area (Å²) in [7, 11) is 3.43. The molecule has 0 saturated heterocycles. The van der Waals surface area contributed by atoms with Gasteiger partial charge in [-0.25, -0.2) is 0 Å². The molecule has 0 bridgehead atoms. The first-order valence-corrected chi connectivity index (χ1v) is 8.95. The Kier molecular flexibility index (Phi) is 5.31. The highest BCUT2D eigenvalue weighted by Crippen LogP contribution is 2.35. The molecule has 1 aromatic heterocycles. The number of benzene rings is 1. The molecule has 0 radical (unpaired) electrons. The van der Waals surface area contributed by atoms with Crippen molar-refractivity contribution in [2.45, 2.75) is 6.42 Å². The summed E-state index contributed by atoms with van der Waals surface area (Å²) in [4.78, 5) is 29.9. The summed E-state index contributed by atoms with van der Waals surface area (Å²) >= 11 is 1.46. The second-order valence-corrected chi connectivity index (χ2v) is 6.65. The van der Waals surface area contributed by atoms with Gasteiger partial charge in [0.05, 0.1) is 5.57 Å². The van der Waals surface area contributed by atoms with Gasteiger partial charge in [0.2, 0.25) is 0 Å². The zero-order valence-electron chi connectivity index (χ0n) is 14.3. The van der Waals surface area contributed by atoms with E-state index in [0.717, 1.165) is 10.6 Å². The van der Waals surface area contributed by atoms with Gasteiger partial charge in [-0.1, -0.05) is 24.3 Å². The predicted octanol–water partition coefficient (Wildman–Crippen LogP) is 3.00. The van der Waals surface area contributed by atoms with Crippen LogP contribution in [0, 0.1) is 0 Å². The summed E-state index contributed by atoms with van der Waals surface area (Å²) in [6, 6.07) is 13.4. The van der Waals surface area contributed by atoms with Gasteiger partial charge in [0, 0.05) is 37.9 Å². The standard InChI is InChI=1S/C19H20N2O3S/c1-20(14-8-4-3-5-9-14)17-16(15-10-6-13-25-15)18(22)21(19(17)23)11-7-12-24-2/h3-6,8-10,13H,7,11-12H2,1-2H3. The van der Waals surface area contributed by atoms with Crippen LogP contribution in [0.3, 0.4) is 0 Å². The Morgan fingerprint density at radius 1 is 1.08 bits per heavy atom. The Hall–Kier alpha value is -2.44. The number of amides is 2. The van der Waals surface area contributed by atoms with Crippen molar-refractivity contribution in [2.75, 3.05) is 32.2 Å². The summed E-state index contributed by atoms with van der Waals surface area (Å²) in [5.41, 5.74) is 1.77. The number of likely N-dealkylation sites (N-methyl/N-ethyl adjacent to an activating group) is 1. The predicted molar refractivity (Wildman–Crippen MR) is 99.3 cm³/mol. The Balaban J connectivity index is 2.00. The van der Waals surface area contributed by atoms with E-state index in [1.54, 1.807) is 12.0 Å².